The lowest BCUT2D eigenvalue weighted by Gasteiger charge is -2.24. The first-order valence-corrected chi connectivity index (χ1v) is 6.17. The van der Waals surface area contributed by atoms with Gasteiger partial charge in [-0.1, -0.05) is 19.1 Å². The number of ether oxygens (including phenoxy) is 1. The van der Waals surface area contributed by atoms with Gasteiger partial charge in [0.25, 0.3) is 0 Å². The number of nitrogens with two attached hydrogens (primary N) is 1. The average Bonchev–Trinajstić information content (AvgIpc) is 2.32. The number of aromatic nitrogens is 1. The van der Waals surface area contributed by atoms with Crippen LogP contribution in [0.2, 0.25) is 0 Å². The van der Waals surface area contributed by atoms with Gasteiger partial charge in [-0.3, -0.25) is 0 Å². The summed E-state index contributed by atoms with van der Waals surface area (Å²) in [6, 6.07) is 3.69. The smallest absolute Gasteiger partial charge is 0.213 e. The summed E-state index contributed by atoms with van der Waals surface area (Å²) in [5.41, 5.74) is 7.27. The van der Waals surface area contributed by atoms with Gasteiger partial charge in [0.15, 0.2) is 0 Å². The molecule has 0 aliphatic heterocycles. The third-order valence-electron chi connectivity index (χ3n) is 3.46. The highest BCUT2D eigenvalue weighted by atomic mass is 16.5. The lowest BCUT2D eigenvalue weighted by molar-refractivity contribution is 0.192. The third-order valence-corrected chi connectivity index (χ3v) is 3.46. The van der Waals surface area contributed by atoms with Crippen LogP contribution in [0.5, 0.6) is 5.88 Å². The van der Waals surface area contributed by atoms with Gasteiger partial charge in [0.1, 0.15) is 0 Å². The summed E-state index contributed by atoms with van der Waals surface area (Å²) in [6.07, 6.45) is 6.76. The van der Waals surface area contributed by atoms with Crippen molar-refractivity contribution in [2.24, 2.45) is 11.8 Å². The minimum Gasteiger partial charge on any atom is -0.477 e. The van der Waals surface area contributed by atoms with Crippen molar-refractivity contribution >= 4 is 5.69 Å². The molecule has 0 aromatic carbocycles. The van der Waals surface area contributed by atoms with Crippen molar-refractivity contribution in [3.05, 3.63) is 30.0 Å². The normalized spacial score (nSPS) is 23.6. The number of rotatable bonds is 3. The van der Waals surface area contributed by atoms with Gasteiger partial charge < -0.3 is 10.5 Å². The molecule has 2 N–H and O–H groups in total. The molecule has 1 aliphatic carbocycles. The van der Waals surface area contributed by atoms with Gasteiger partial charge in [-0.05, 0) is 37.7 Å². The van der Waals surface area contributed by atoms with Crippen LogP contribution in [0.15, 0.2) is 24.3 Å². The van der Waals surface area contributed by atoms with E-state index in [4.69, 9.17) is 10.5 Å². The SMILES string of the molecule is Cc1nc(OCC2CC=CCC2C)ccc1N. The number of pyridine rings is 1. The highest BCUT2D eigenvalue weighted by molar-refractivity contribution is 5.43. The summed E-state index contributed by atoms with van der Waals surface area (Å²) in [7, 11) is 0. The predicted octanol–water partition coefficient (Wildman–Crippen LogP) is 2.95. The number of aryl methyl sites for hydroxylation is 1. The lowest BCUT2D eigenvalue weighted by atomic mass is 9.85. The maximum absolute atomic E-state index is 5.75. The Morgan fingerprint density at radius 1 is 1.35 bits per heavy atom. The Hall–Kier alpha value is -1.51. The van der Waals surface area contributed by atoms with Crippen LogP contribution in [-0.2, 0) is 0 Å². The van der Waals surface area contributed by atoms with Gasteiger partial charge in [0.2, 0.25) is 5.88 Å². The zero-order valence-electron chi connectivity index (χ0n) is 10.5. The maximum Gasteiger partial charge on any atom is 0.213 e. The summed E-state index contributed by atoms with van der Waals surface area (Å²) >= 11 is 0. The quantitative estimate of drug-likeness (QED) is 0.815. The summed E-state index contributed by atoms with van der Waals surface area (Å²) in [6.45, 7) is 4.91. The average molecular weight is 232 g/mol. The Labute approximate surface area is 103 Å². The molecule has 2 rings (SSSR count). The molecule has 0 saturated heterocycles. The lowest BCUT2D eigenvalue weighted by Crippen LogP contribution is -2.21. The predicted molar refractivity (Wildman–Crippen MR) is 69.9 cm³/mol. The second-order valence-electron chi connectivity index (χ2n) is 4.82. The molecule has 1 aliphatic rings. The van der Waals surface area contributed by atoms with E-state index >= 15 is 0 Å². The van der Waals surface area contributed by atoms with Crippen molar-refractivity contribution in [3.8, 4) is 5.88 Å². The van der Waals surface area contributed by atoms with E-state index in [2.05, 4.69) is 24.1 Å². The Morgan fingerprint density at radius 3 is 2.82 bits per heavy atom. The standard InChI is InChI=1S/C14H20N2O/c1-10-5-3-4-6-12(10)9-17-14-8-7-13(15)11(2)16-14/h3-4,7-8,10,12H,5-6,9,15H2,1-2H3. The van der Waals surface area contributed by atoms with Crippen LogP contribution in [0.25, 0.3) is 0 Å². The van der Waals surface area contributed by atoms with E-state index in [1.165, 1.54) is 0 Å². The number of hydrogen-bond acceptors (Lipinski definition) is 3. The van der Waals surface area contributed by atoms with Gasteiger partial charge in [0.05, 0.1) is 18.0 Å². The molecule has 0 amide bonds. The Kier molecular flexibility index (Phi) is 3.67. The van der Waals surface area contributed by atoms with Gasteiger partial charge in [-0.25, -0.2) is 4.98 Å². The monoisotopic (exact) mass is 232 g/mol. The second kappa shape index (κ2) is 5.21. The zero-order chi connectivity index (χ0) is 12.3. The molecule has 3 nitrogen and oxygen atoms in total. The van der Waals surface area contributed by atoms with Crippen LogP contribution in [0.3, 0.4) is 0 Å². The Morgan fingerprint density at radius 2 is 2.12 bits per heavy atom. The number of allylic oxidation sites excluding steroid dienone is 2. The van der Waals surface area contributed by atoms with E-state index in [0.29, 0.717) is 23.4 Å². The Balaban J connectivity index is 1.93. The van der Waals surface area contributed by atoms with Gasteiger partial charge in [-0.15, -0.1) is 0 Å². The van der Waals surface area contributed by atoms with E-state index < -0.39 is 0 Å². The third kappa shape index (κ3) is 2.99. The summed E-state index contributed by atoms with van der Waals surface area (Å²) in [4.78, 5) is 4.32. The molecular formula is C14H20N2O. The molecule has 0 fully saturated rings. The number of hydrogen-bond donors (Lipinski definition) is 1. The molecule has 0 bridgehead atoms. The number of nitrogens with zero attached hydrogens (tertiary/aromatic N) is 1. The molecule has 1 aromatic heterocycles. The molecule has 92 valence electrons. The summed E-state index contributed by atoms with van der Waals surface area (Å²) in [5.74, 6) is 1.97. The first-order chi connectivity index (χ1) is 8.16. The molecule has 0 spiro atoms. The largest absolute Gasteiger partial charge is 0.477 e. The van der Waals surface area contributed by atoms with Gasteiger partial charge >= 0.3 is 0 Å². The molecular weight excluding hydrogens is 212 g/mol. The van der Waals surface area contributed by atoms with Crippen LogP contribution in [-0.4, -0.2) is 11.6 Å². The van der Waals surface area contributed by atoms with Crippen molar-refractivity contribution in [3.63, 3.8) is 0 Å². The maximum atomic E-state index is 5.75. The Bertz CT molecular complexity index is 415. The fourth-order valence-corrected chi connectivity index (χ4v) is 2.06. The van der Waals surface area contributed by atoms with E-state index in [0.717, 1.165) is 25.1 Å². The fraction of sp³-hybridized carbons (Fsp3) is 0.500. The zero-order valence-corrected chi connectivity index (χ0v) is 10.5. The van der Waals surface area contributed by atoms with Crippen molar-refractivity contribution < 1.29 is 4.74 Å². The molecule has 0 saturated carbocycles. The van der Waals surface area contributed by atoms with Crippen LogP contribution in [0, 0.1) is 18.8 Å². The van der Waals surface area contributed by atoms with Gasteiger partial charge in [-0.2, -0.15) is 0 Å². The van der Waals surface area contributed by atoms with Crippen molar-refractivity contribution in [2.75, 3.05) is 12.3 Å². The highest BCUT2D eigenvalue weighted by Gasteiger charge is 2.19. The molecule has 17 heavy (non-hydrogen) atoms. The first kappa shape index (κ1) is 12.0. The topological polar surface area (TPSA) is 48.1 Å². The van der Waals surface area contributed by atoms with Crippen LogP contribution in [0.4, 0.5) is 5.69 Å². The summed E-state index contributed by atoms with van der Waals surface area (Å²) in [5, 5.41) is 0. The van der Waals surface area contributed by atoms with Crippen molar-refractivity contribution in [1.29, 1.82) is 0 Å². The molecule has 3 heteroatoms. The van der Waals surface area contributed by atoms with E-state index in [-0.39, 0.29) is 0 Å². The van der Waals surface area contributed by atoms with E-state index in [1.54, 1.807) is 0 Å². The minimum atomic E-state index is 0.597. The molecule has 1 heterocycles. The number of anilines is 1. The van der Waals surface area contributed by atoms with E-state index in [1.807, 2.05) is 19.1 Å². The van der Waals surface area contributed by atoms with Crippen LogP contribution < -0.4 is 10.5 Å². The van der Waals surface area contributed by atoms with Crippen LogP contribution >= 0.6 is 0 Å². The van der Waals surface area contributed by atoms with Crippen LogP contribution in [0.1, 0.15) is 25.5 Å². The molecule has 1 aromatic rings. The van der Waals surface area contributed by atoms with Gasteiger partial charge in [0, 0.05) is 6.07 Å². The summed E-state index contributed by atoms with van der Waals surface area (Å²) < 4.78 is 5.75. The van der Waals surface area contributed by atoms with Crippen molar-refractivity contribution in [2.45, 2.75) is 26.7 Å². The molecule has 2 atom stereocenters. The van der Waals surface area contributed by atoms with Crippen molar-refractivity contribution in [1.82, 2.24) is 4.98 Å². The second-order valence-corrected chi connectivity index (χ2v) is 4.82. The molecule has 2 unspecified atom stereocenters. The fourth-order valence-electron chi connectivity index (χ4n) is 2.06. The number of nitrogen functional groups attached to an aromatic ring is 1. The van der Waals surface area contributed by atoms with E-state index in [9.17, 15) is 0 Å². The molecule has 0 radical (unpaired) electrons. The first-order valence-electron chi connectivity index (χ1n) is 6.17. The highest BCUT2D eigenvalue weighted by Crippen LogP contribution is 2.25. The minimum absolute atomic E-state index is 0.597.